The second-order valence-electron chi connectivity index (χ2n) is 5.37. The zero-order valence-corrected chi connectivity index (χ0v) is 11.0. The quantitative estimate of drug-likeness (QED) is 0.737. The molecule has 1 saturated heterocycles. The molecule has 0 aliphatic carbocycles. The van der Waals surface area contributed by atoms with Crippen LogP contribution in [0.4, 0.5) is 10.1 Å². The van der Waals surface area contributed by atoms with Crippen LogP contribution in [0.25, 0.3) is 16.7 Å². The number of rotatable bonds is 1. The van der Waals surface area contributed by atoms with Crippen molar-refractivity contribution in [1.29, 1.82) is 0 Å². The van der Waals surface area contributed by atoms with Crippen molar-refractivity contribution in [2.75, 3.05) is 18.0 Å². The molecule has 102 valence electrons. The van der Waals surface area contributed by atoms with Gasteiger partial charge in [0, 0.05) is 37.1 Å². The van der Waals surface area contributed by atoms with E-state index in [0.717, 1.165) is 22.4 Å². The number of fused-ring (bicyclic) bond motifs is 3. The van der Waals surface area contributed by atoms with E-state index in [2.05, 4.69) is 9.88 Å². The fraction of sp³-hybridized carbons (Fsp3) is 0.267. The van der Waals surface area contributed by atoms with E-state index < -0.39 is 0 Å². The summed E-state index contributed by atoms with van der Waals surface area (Å²) < 4.78 is 15.6. The normalized spacial score (nSPS) is 16.1. The maximum absolute atomic E-state index is 13.7. The molecule has 3 aromatic rings. The number of nitrogens with zero attached hydrogens (tertiary/aromatic N) is 3. The summed E-state index contributed by atoms with van der Waals surface area (Å²) in [5.74, 6) is -0.214. The number of pyridine rings is 1. The number of β-amino-alcohol motifs (C(OH)–C–C–N with tert-alkyl or cyclic N) is 1. The second-order valence-corrected chi connectivity index (χ2v) is 5.37. The lowest BCUT2D eigenvalue weighted by Gasteiger charge is -2.37. The van der Waals surface area contributed by atoms with Gasteiger partial charge >= 0.3 is 0 Å². The number of aliphatic hydroxyl groups excluding tert-OH is 1. The summed E-state index contributed by atoms with van der Waals surface area (Å²) in [6, 6.07) is 7.24. The summed E-state index contributed by atoms with van der Waals surface area (Å²) in [7, 11) is 0. The van der Waals surface area contributed by atoms with Crippen molar-refractivity contribution in [3.63, 3.8) is 0 Å². The summed E-state index contributed by atoms with van der Waals surface area (Å²) in [6.45, 7) is 3.06. The molecular formula is C15H14FN3O. The smallest absolute Gasteiger partial charge is 0.139 e. The average Bonchev–Trinajstić information content (AvgIpc) is 2.72. The van der Waals surface area contributed by atoms with Gasteiger partial charge in [-0.1, -0.05) is 0 Å². The van der Waals surface area contributed by atoms with Crippen LogP contribution in [0, 0.1) is 12.7 Å². The average molecular weight is 271 g/mol. The van der Waals surface area contributed by atoms with Crippen LogP contribution < -0.4 is 4.90 Å². The molecule has 1 N–H and O–H groups in total. The Labute approximate surface area is 115 Å². The highest BCUT2D eigenvalue weighted by atomic mass is 19.1. The molecule has 1 fully saturated rings. The first-order valence-corrected chi connectivity index (χ1v) is 6.63. The maximum atomic E-state index is 13.7. The van der Waals surface area contributed by atoms with E-state index in [1.54, 1.807) is 13.0 Å². The zero-order valence-electron chi connectivity index (χ0n) is 11.0. The van der Waals surface area contributed by atoms with Gasteiger partial charge < -0.3 is 10.0 Å². The van der Waals surface area contributed by atoms with Crippen LogP contribution in [0.15, 0.2) is 30.5 Å². The first-order chi connectivity index (χ1) is 9.61. The molecule has 0 saturated carbocycles. The van der Waals surface area contributed by atoms with Gasteiger partial charge in [0.1, 0.15) is 11.5 Å². The summed E-state index contributed by atoms with van der Waals surface area (Å²) in [6.07, 6.45) is 1.67. The Hall–Kier alpha value is -2.14. The molecule has 0 amide bonds. The molecule has 0 unspecified atom stereocenters. The maximum Gasteiger partial charge on any atom is 0.139 e. The van der Waals surface area contributed by atoms with Crippen molar-refractivity contribution >= 4 is 22.4 Å². The van der Waals surface area contributed by atoms with E-state index in [1.165, 1.54) is 6.07 Å². The largest absolute Gasteiger partial charge is 0.389 e. The fourth-order valence-electron chi connectivity index (χ4n) is 2.69. The number of aliphatic hydroxyl groups is 1. The zero-order chi connectivity index (χ0) is 13.9. The minimum atomic E-state index is -0.234. The van der Waals surface area contributed by atoms with Crippen LogP contribution in [-0.2, 0) is 0 Å². The lowest BCUT2D eigenvalue weighted by molar-refractivity contribution is 0.142. The summed E-state index contributed by atoms with van der Waals surface area (Å²) in [4.78, 5) is 6.64. The van der Waals surface area contributed by atoms with Gasteiger partial charge in [-0.05, 0) is 24.6 Å². The van der Waals surface area contributed by atoms with Crippen LogP contribution in [0.5, 0.6) is 0 Å². The number of aryl methyl sites for hydroxylation is 1. The first kappa shape index (κ1) is 11.7. The number of hydrogen-bond donors (Lipinski definition) is 1. The third-order valence-electron chi connectivity index (χ3n) is 3.90. The Kier molecular flexibility index (Phi) is 2.29. The Morgan fingerprint density at radius 3 is 2.85 bits per heavy atom. The Bertz CT molecular complexity index is 821. The van der Waals surface area contributed by atoms with E-state index in [9.17, 15) is 9.50 Å². The molecule has 5 heteroatoms. The van der Waals surface area contributed by atoms with Crippen LogP contribution in [0.1, 0.15) is 5.56 Å². The van der Waals surface area contributed by atoms with E-state index in [1.807, 2.05) is 22.7 Å². The second kappa shape index (κ2) is 3.93. The molecule has 0 bridgehead atoms. The van der Waals surface area contributed by atoms with E-state index >= 15 is 0 Å². The molecule has 1 aliphatic heterocycles. The van der Waals surface area contributed by atoms with Crippen molar-refractivity contribution in [2.45, 2.75) is 13.0 Å². The Balaban J connectivity index is 1.88. The van der Waals surface area contributed by atoms with Gasteiger partial charge in [-0.3, -0.25) is 4.40 Å². The Morgan fingerprint density at radius 1 is 1.30 bits per heavy atom. The van der Waals surface area contributed by atoms with E-state index in [-0.39, 0.29) is 11.9 Å². The number of aromatic nitrogens is 2. The molecule has 4 nitrogen and oxygen atoms in total. The van der Waals surface area contributed by atoms with Crippen molar-refractivity contribution in [3.8, 4) is 0 Å². The fourth-order valence-corrected chi connectivity index (χ4v) is 2.69. The summed E-state index contributed by atoms with van der Waals surface area (Å²) >= 11 is 0. The molecule has 2 aromatic heterocycles. The topological polar surface area (TPSA) is 40.8 Å². The van der Waals surface area contributed by atoms with E-state index in [0.29, 0.717) is 18.7 Å². The van der Waals surface area contributed by atoms with Gasteiger partial charge in [0.25, 0.3) is 0 Å². The van der Waals surface area contributed by atoms with Gasteiger partial charge in [-0.2, -0.15) is 0 Å². The molecule has 0 spiro atoms. The van der Waals surface area contributed by atoms with Crippen LogP contribution in [0.2, 0.25) is 0 Å². The number of imidazole rings is 1. The van der Waals surface area contributed by atoms with Crippen LogP contribution in [-0.4, -0.2) is 33.7 Å². The standard InChI is InChI=1S/C15H14FN3O/c1-9-4-13-14(6-12(9)16)19-3-2-10(5-15(19)17-13)18-7-11(20)8-18/h2-6,11,20H,7-8H2,1H3. The third kappa shape index (κ3) is 1.59. The monoisotopic (exact) mass is 271 g/mol. The van der Waals surface area contributed by atoms with Crippen molar-refractivity contribution < 1.29 is 9.50 Å². The highest BCUT2D eigenvalue weighted by Crippen LogP contribution is 2.25. The van der Waals surface area contributed by atoms with E-state index in [4.69, 9.17) is 0 Å². The molecule has 4 rings (SSSR count). The predicted molar refractivity (Wildman–Crippen MR) is 75.6 cm³/mol. The molecule has 20 heavy (non-hydrogen) atoms. The molecule has 3 heterocycles. The predicted octanol–water partition coefficient (Wildman–Crippen LogP) is 2.12. The van der Waals surface area contributed by atoms with Crippen molar-refractivity contribution in [3.05, 3.63) is 41.8 Å². The van der Waals surface area contributed by atoms with Gasteiger partial charge in [0.05, 0.1) is 17.1 Å². The molecule has 1 aromatic carbocycles. The molecule has 1 aliphatic rings. The van der Waals surface area contributed by atoms with Crippen LogP contribution in [0.3, 0.4) is 0 Å². The molecular weight excluding hydrogens is 257 g/mol. The number of halogens is 1. The van der Waals surface area contributed by atoms with Gasteiger partial charge in [0.2, 0.25) is 0 Å². The van der Waals surface area contributed by atoms with Gasteiger partial charge in [-0.25, -0.2) is 9.37 Å². The lowest BCUT2D eigenvalue weighted by atomic mass is 10.1. The number of hydrogen-bond acceptors (Lipinski definition) is 3. The van der Waals surface area contributed by atoms with Gasteiger partial charge in [-0.15, -0.1) is 0 Å². The number of anilines is 1. The SMILES string of the molecule is Cc1cc2nc3cc(N4CC(O)C4)ccn3c2cc1F. The third-order valence-corrected chi connectivity index (χ3v) is 3.90. The Morgan fingerprint density at radius 2 is 2.10 bits per heavy atom. The van der Waals surface area contributed by atoms with Crippen molar-refractivity contribution in [2.24, 2.45) is 0 Å². The molecule has 0 radical (unpaired) electrons. The van der Waals surface area contributed by atoms with Gasteiger partial charge in [0.15, 0.2) is 0 Å². The first-order valence-electron chi connectivity index (χ1n) is 6.63. The molecule has 0 atom stereocenters. The highest BCUT2D eigenvalue weighted by molar-refractivity contribution is 5.82. The summed E-state index contributed by atoms with van der Waals surface area (Å²) in [5.41, 5.74) is 4.01. The minimum Gasteiger partial charge on any atom is -0.389 e. The highest BCUT2D eigenvalue weighted by Gasteiger charge is 2.24. The minimum absolute atomic E-state index is 0.214. The van der Waals surface area contributed by atoms with Crippen LogP contribution >= 0.6 is 0 Å². The summed E-state index contributed by atoms with van der Waals surface area (Å²) in [5, 5.41) is 9.36. The van der Waals surface area contributed by atoms with Crippen molar-refractivity contribution in [1.82, 2.24) is 9.38 Å². The number of benzene rings is 1. The lowest BCUT2D eigenvalue weighted by Crippen LogP contribution is -2.50.